The second kappa shape index (κ2) is 5.55. The molecule has 0 atom stereocenters. The Labute approximate surface area is 135 Å². The van der Waals surface area contributed by atoms with Gasteiger partial charge >= 0.3 is 5.97 Å². The van der Waals surface area contributed by atoms with E-state index >= 15 is 0 Å². The van der Waals surface area contributed by atoms with Gasteiger partial charge in [0.15, 0.2) is 17.1 Å². The van der Waals surface area contributed by atoms with E-state index in [0.717, 1.165) is 5.52 Å². The van der Waals surface area contributed by atoms with E-state index in [2.05, 4.69) is 10.3 Å². The number of carboxylic acids is 1. The highest BCUT2D eigenvalue weighted by Gasteiger charge is 2.23. The molecular weight excluding hydrogens is 312 g/mol. The Morgan fingerprint density at radius 2 is 2.08 bits per heavy atom. The minimum absolute atomic E-state index is 0.0259. The van der Waals surface area contributed by atoms with Crippen molar-refractivity contribution in [3.8, 4) is 11.8 Å². The van der Waals surface area contributed by atoms with Crippen molar-refractivity contribution in [3.05, 3.63) is 35.7 Å². The molecule has 1 amide bonds. The maximum absolute atomic E-state index is 12.1. The maximum atomic E-state index is 12.1. The van der Waals surface area contributed by atoms with E-state index < -0.39 is 18.4 Å². The molecule has 2 heterocycles. The first-order valence-electron chi connectivity index (χ1n) is 6.96. The lowest BCUT2D eigenvalue weighted by molar-refractivity contribution is -0.135. The third-order valence-corrected chi connectivity index (χ3v) is 3.74. The Morgan fingerprint density at radius 3 is 2.75 bits per heavy atom. The molecule has 0 aliphatic rings. The number of benzene rings is 1. The molecule has 0 saturated carbocycles. The summed E-state index contributed by atoms with van der Waals surface area (Å²) < 4.78 is 1.72. The molecule has 3 aromatic rings. The van der Waals surface area contributed by atoms with E-state index in [1.165, 1.54) is 0 Å². The smallest absolute Gasteiger partial charge is 0.322 e. The van der Waals surface area contributed by atoms with Crippen molar-refractivity contribution in [2.45, 2.75) is 0 Å². The van der Waals surface area contributed by atoms with Crippen molar-refractivity contribution in [1.29, 1.82) is 5.26 Å². The number of hydrogen-bond donors (Lipinski definition) is 3. The van der Waals surface area contributed by atoms with Gasteiger partial charge < -0.3 is 20.1 Å². The number of aryl methyl sites for hydroxylation is 1. The van der Waals surface area contributed by atoms with Gasteiger partial charge in [0.2, 0.25) is 0 Å². The van der Waals surface area contributed by atoms with Gasteiger partial charge in [-0.2, -0.15) is 5.26 Å². The number of fused-ring (bicyclic) bond motifs is 3. The van der Waals surface area contributed by atoms with Gasteiger partial charge in [-0.05, 0) is 6.07 Å². The van der Waals surface area contributed by atoms with Gasteiger partial charge in [-0.25, -0.2) is 4.98 Å². The Bertz CT molecular complexity index is 1050. The number of nitrogens with zero attached hydrogens (tertiary/aromatic N) is 3. The van der Waals surface area contributed by atoms with Crippen LogP contribution in [0.4, 0.5) is 0 Å². The zero-order valence-electron chi connectivity index (χ0n) is 12.6. The van der Waals surface area contributed by atoms with Crippen LogP contribution in [0.5, 0.6) is 5.75 Å². The minimum Gasteiger partial charge on any atom is -0.505 e. The summed E-state index contributed by atoms with van der Waals surface area (Å²) in [5.41, 5.74) is 0.772. The topological polar surface area (TPSA) is 128 Å². The molecule has 0 aliphatic heterocycles. The van der Waals surface area contributed by atoms with E-state index in [4.69, 9.17) is 5.11 Å². The Balaban J connectivity index is 2.33. The molecule has 1 aromatic carbocycles. The molecule has 0 spiro atoms. The third-order valence-electron chi connectivity index (χ3n) is 3.74. The average molecular weight is 324 g/mol. The maximum Gasteiger partial charge on any atom is 0.322 e. The van der Waals surface area contributed by atoms with Crippen LogP contribution in [-0.2, 0) is 11.8 Å². The fraction of sp³-hybridized carbons (Fsp3) is 0.125. The highest BCUT2D eigenvalue weighted by molar-refractivity contribution is 6.15. The van der Waals surface area contributed by atoms with Crippen molar-refractivity contribution < 1.29 is 19.8 Å². The molecule has 8 nitrogen and oxygen atoms in total. The van der Waals surface area contributed by atoms with Gasteiger partial charge in [-0.3, -0.25) is 9.59 Å². The van der Waals surface area contributed by atoms with Gasteiger partial charge in [0.05, 0.1) is 10.9 Å². The van der Waals surface area contributed by atoms with Crippen LogP contribution in [0.3, 0.4) is 0 Å². The lowest BCUT2D eigenvalue weighted by Gasteiger charge is -2.07. The Morgan fingerprint density at radius 1 is 1.38 bits per heavy atom. The molecule has 0 fully saturated rings. The molecule has 2 aromatic heterocycles. The summed E-state index contributed by atoms with van der Waals surface area (Å²) in [6, 6.07) is 9.09. The van der Waals surface area contributed by atoms with Gasteiger partial charge in [0.25, 0.3) is 5.91 Å². The zero-order valence-corrected chi connectivity index (χ0v) is 12.6. The van der Waals surface area contributed by atoms with Crippen LogP contribution in [0, 0.1) is 11.3 Å². The van der Waals surface area contributed by atoms with Gasteiger partial charge in [-0.15, -0.1) is 0 Å². The predicted molar refractivity (Wildman–Crippen MR) is 84.6 cm³/mol. The summed E-state index contributed by atoms with van der Waals surface area (Å²) in [5.74, 6) is -2.47. The first-order valence-corrected chi connectivity index (χ1v) is 6.96. The van der Waals surface area contributed by atoms with E-state index in [1.54, 1.807) is 23.7 Å². The number of para-hydroxylation sites is 1. The molecule has 0 radical (unpaired) electrons. The molecule has 0 saturated heterocycles. The van der Waals surface area contributed by atoms with Crippen molar-refractivity contribution >= 4 is 33.7 Å². The number of carbonyl (C=O) groups is 2. The average Bonchev–Trinajstić information content (AvgIpc) is 2.87. The van der Waals surface area contributed by atoms with Crippen molar-refractivity contribution in [3.63, 3.8) is 0 Å². The van der Waals surface area contributed by atoms with E-state index in [1.807, 2.05) is 18.2 Å². The summed E-state index contributed by atoms with van der Waals surface area (Å²) in [6.45, 7) is -0.616. The van der Waals surface area contributed by atoms with Crippen molar-refractivity contribution in [2.75, 3.05) is 6.54 Å². The molecule has 0 aliphatic carbocycles. The number of hydrogen-bond acceptors (Lipinski definition) is 5. The van der Waals surface area contributed by atoms with Crippen LogP contribution in [0.2, 0.25) is 0 Å². The molecule has 120 valence electrons. The first kappa shape index (κ1) is 15.3. The summed E-state index contributed by atoms with van der Waals surface area (Å²) >= 11 is 0. The van der Waals surface area contributed by atoms with Crippen molar-refractivity contribution in [1.82, 2.24) is 14.9 Å². The van der Waals surface area contributed by atoms with Crippen LogP contribution in [0.1, 0.15) is 16.2 Å². The summed E-state index contributed by atoms with van der Waals surface area (Å²) in [7, 11) is 1.73. The number of carbonyl (C=O) groups excluding carboxylic acids is 1. The van der Waals surface area contributed by atoms with E-state index in [0.29, 0.717) is 16.3 Å². The molecular formula is C16H12N4O4. The molecule has 0 unspecified atom stereocenters. The third kappa shape index (κ3) is 2.19. The molecule has 0 bridgehead atoms. The molecule has 8 heteroatoms. The number of aromatic nitrogens is 2. The van der Waals surface area contributed by atoms with Crippen LogP contribution in [0.15, 0.2) is 24.3 Å². The monoisotopic (exact) mass is 324 g/mol. The molecule has 24 heavy (non-hydrogen) atoms. The SMILES string of the molecule is Cn1c2ccccc2c2c(O)c(C(=O)NCC(=O)O)nc(C#N)c21. The van der Waals surface area contributed by atoms with Crippen LogP contribution in [0.25, 0.3) is 21.8 Å². The second-order valence-corrected chi connectivity index (χ2v) is 5.15. The van der Waals surface area contributed by atoms with Gasteiger partial charge in [0.1, 0.15) is 12.6 Å². The minimum atomic E-state index is -1.23. The van der Waals surface area contributed by atoms with E-state index in [-0.39, 0.29) is 17.1 Å². The number of pyridine rings is 1. The Kier molecular flexibility index (Phi) is 3.54. The number of carboxylic acid groups (broad SMARTS) is 1. The Hall–Kier alpha value is -3.60. The van der Waals surface area contributed by atoms with Crippen LogP contribution in [-0.4, -0.2) is 38.2 Å². The number of aromatic hydroxyl groups is 1. The summed E-state index contributed by atoms with van der Waals surface area (Å²) in [4.78, 5) is 26.6. The highest BCUT2D eigenvalue weighted by Crippen LogP contribution is 2.37. The number of amides is 1. The summed E-state index contributed by atoms with van der Waals surface area (Å²) in [6.07, 6.45) is 0. The lowest BCUT2D eigenvalue weighted by atomic mass is 10.1. The quantitative estimate of drug-likeness (QED) is 0.662. The predicted octanol–water partition coefficient (Wildman–Crippen LogP) is 1.12. The van der Waals surface area contributed by atoms with Crippen molar-refractivity contribution in [2.24, 2.45) is 7.05 Å². The largest absolute Gasteiger partial charge is 0.505 e. The normalized spacial score (nSPS) is 10.7. The number of aliphatic carboxylic acids is 1. The molecule has 3 N–H and O–H groups in total. The fourth-order valence-corrected chi connectivity index (χ4v) is 2.72. The standard InChI is InChI=1S/C16H12N4O4/c1-20-10-5-3-2-4-8(10)12-14(20)9(6-17)19-13(15(12)23)16(24)18-7-11(21)22/h2-5,23H,7H2,1H3,(H,18,24)(H,21,22). The van der Waals surface area contributed by atoms with Crippen LogP contribution >= 0.6 is 0 Å². The van der Waals surface area contributed by atoms with E-state index in [9.17, 15) is 20.0 Å². The molecule has 3 rings (SSSR count). The van der Waals surface area contributed by atoms with Gasteiger partial charge in [0, 0.05) is 18.0 Å². The number of nitrogens with one attached hydrogen (secondary N) is 1. The summed E-state index contributed by atoms with van der Waals surface area (Å²) in [5, 5.41) is 31.7. The van der Waals surface area contributed by atoms with Crippen LogP contribution < -0.4 is 5.32 Å². The highest BCUT2D eigenvalue weighted by atomic mass is 16.4. The van der Waals surface area contributed by atoms with Gasteiger partial charge in [-0.1, -0.05) is 18.2 Å². The fourth-order valence-electron chi connectivity index (χ4n) is 2.72. The first-order chi connectivity index (χ1) is 11.5. The second-order valence-electron chi connectivity index (χ2n) is 5.15. The number of nitriles is 1. The lowest BCUT2D eigenvalue weighted by Crippen LogP contribution is -2.30. The zero-order chi connectivity index (χ0) is 17.4. The number of rotatable bonds is 3.